The second-order valence-corrected chi connectivity index (χ2v) is 24.7. The molecule has 454 valence electrons. The molecule has 9 nitrogen and oxygen atoms in total. The first-order valence-electron chi connectivity index (χ1n) is 32.7. The Labute approximate surface area is 483 Å². The quantitative estimate of drug-likeness (QED) is 0.0212. The van der Waals surface area contributed by atoms with Gasteiger partial charge in [-0.25, -0.2) is 0 Å². The Bertz CT molecular complexity index is 1570. The van der Waals surface area contributed by atoms with E-state index in [9.17, 15) is 19.0 Å². The number of nitrogens with one attached hydrogen (secondary N) is 1. The fraction of sp³-hybridized carbons (Fsp3) is 0.794. The molecule has 0 fully saturated rings. The second kappa shape index (κ2) is 57.7. The van der Waals surface area contributed by atoms with Gasteiger partial charge in [0.15, 0.2) is 0 Å². The van der Waals surface area contributed by atoms with Crippen LogP contribution in [-0.4, -0.2) is 69.4 Å². The van der Waals surface area contributed by atoms with Crippen molar-refractivity contribution in [3.63, 3.8) is 0 Å². The van der Waals surface area contributed by atoms with Crippen LogP contribution in [-0.2, 0) is 27.9 Å². The molecular weight excluding hydrogens is 988 g/mol. The predicted octanol–water partition coefficient (Wildman–Crippen LogP) is 19.8. The molecule has 1 amide bonds. The first-order valence-corrected chi connectivity index (χ1v) is 34.2. The highest BCUT2D eigenvalue weighted by Gasteiger charge is 2.27. The fourth-order valence-electron chi connectivity index (χ4n) is 9.37. The summed E-state index contributed by atoms with van der Waals surface area (Å²) in [5, 5.41) is 3.03. The SMILES string of the molecule is CC/C=C\C/C=C\C/C=C\C/C=C\C/C=C\CCCCCCCCCC(=O)NC(COP(=O)([O-])OCC[N+](C)(C)C)C(/C=C\CCCCCCCCCCCC)OC(=O)CCCCCCCCCCCCCCCCCCC. The Kier molecular flexibility index (Phi) is 55.8. The molecular formula is C68H125N2O7P. The lowest BCUT2D eigenvalue weighted by atomic mass is 10.0. The highest BCUT2D eigenvalue weighted by Crippen LogP contribution is 2.38. The number of rotatable bonds is 59. The van der Waals surface area contributed by atoms with Crippen molar-refractivity contribution in [1.82, 2.24) is 5.32 Å². The average molecular weight is 1110 g/mol. The zero-order chi connectivity index (χ0) is 57.2. The van der Waals surface area contributed by atoms with E-state index in [1.54, 1.807) is 0 Å². The van der Waals surface area contributed by atoms with E-state index in [1.165, 1.54) is 161 Å². The van der Waals surface area contributed by atoms with E-state index >= 15 is 0 Å². The number of carbonyl (C=O) groups excluding carboxylic acids is 2. The predicted molar refractivity (Wildman–Crippen MR) is 335 cm³/mol. The van der Waals surface area contributed by atoms with Crippen LogP contribution in [0.3, 0.4) is 0 Å². The van der Waals surface area contributed by atoms with E-state index in [4.69, 9.17) is 13.8 Å². The van der Waals surface area contributed by atoms with E-state index in [1.807, 2.05) is 33.3 Å². The monoisotopic (exact) mass is 1110 g/mol. The Morgan fingerprint density at radius 1 is 0.462 bits per heavy atom. The third-order valence-corrected chi connectivity index (χ3v) is 15.4. The van der Waals surface area contributed by atoms with Crippen molar-refractivity contribution in [3.05, 3.63) is 72.9 Å². The van der Waals surface area contributed by atoms with Crippen LogP contribution < -0.4 is 10.2 Å². The van der Waals surface area contributed by atoms with E-state index < -0.39 is 26.6 Å². The van der Waals surface area contributed by atoms with Gasteiger partial charge in [-0.15, -0.1) is 0 Å². The molecule has 10 heteroatoms. The number of likely N-dealkylation sites (N-methyl/N-ethyl adjacent to an activating group) is 1. The molecule has 1 N–H and O–H groups in total. The van der Waals surface area contributed by atoms with Crippen molar-refractivity contribution < 1.29 is 37.3 Å². The summed E-state index contributed by atoms with van der Waals surface area (Å²) >= 11 is 0. The third kappa shape index (κ3) is 58.1. The number of allylic oxidation sites excluding steroid dienone is 11. The van der Waals surface area contributed by atoms with E-state index in [2.05, 4.69) is 86.8 Å². The molecule has 0 aromatic rings. The van der Waals surface area contributed by atoms with Crippen LogP contribution in [0.1, 0.15) is 297 Å². The molecule has 0 radical (unpaired) electrons. The van der Waals surface area contributed by atoms with E-state index in [0.29, 0.717) is 17.4 Å². The molecule has 0 heterocycles. The summed E-state index contributed by atoms with van der Waals surface area (Å²) in [6.45, 7) is 6.75. The second-order valence-electron chi connectivity index (χ2n) is 23.2. The lowest BCUT2D eigenvalue weighted by Crippen LogP contribution is -2.47. The van der Waals surface area contributed by atoms with Gasteiger partial charge in [0.25, 0.3) is 7.82 Å². The summed E-state index contributed by atoms with van der Waals surface area (Å²) in [4.78, 5) is 40.1. The summed E-state index contributed by atoms with van der Waals surface area (Å²) in [5.41, 5.74) is 0. The van der Waals surface area contributed by atoms with Crippen molar-refractivity contribution in [2.75, 3.05) is 40.9 Å². The molecule has 0 aliphatic carbocycles. The summed E-state index contributed by atoms with van der Waals surface area (Å²) in [7, 11) is 1.18. The minimum atomic E-state index is -4.70. The number of hydrogen-bond acceptors (Lipinski definition) is 7. The summed E-state index contributed by atoms with van der Waals surface area (Å²) in [6.07, 6.45) is 74.4. The highest BCUT2D eigenvalue weighted by molar-refractivity contribution is 7.45. The first-order chi connectivity index (χ1) is 37.9. The van der Waals surface area contributed by atoms with Gasteiger partial charge >= 0.3 is 5.97 Å². The number of hydrogen-bond donors (Lipinski definition) is 1. The summed E-state index contributed by atoms with van der Waals surface area (Å²) in [5.74, 6) is -0.546. The number of carbonyl (C=O) groups is 2. The number of quaternary nitrogens is 1. The third-order valence-electron chi connectivity index (χ3n) is 14.4. The van der Waals surface area contributed by atoms with Crippen LogP contribution in [0.15, 0.2) is 72.9 Å². The number of phosphoric ester groups is 1. The van der Waals surface area contributed by atoms with Gasteiger partial charge in [0.2, 0.25) is 5.91 Å². The first kappa shape index (κ1) is 75.5. The molecule has 0 aromatic carbocycles. The number of amides is 1. The zero-order valence-corrected chi connectivity index (χ0v) is 52.8. The molecule has 0 aliphatic heterocycles. The zero-order valence-electron chi connectivity index (χ0n) is 51.9. The van der Waals surface area contributed by atoms with E-state index in [-0.39, 0.29) is 24.9 Å². The lowest BCUT2D eigenvalue weighted by Gasteiger charge is -2.30. The number of ether oxygens (including phenoxy) is 1. The Morgan fingerprint density at radius 2 is 0.821 bits per heavy atom. The number of unbranched alkanes of at least 4 members (excludes halogenated alkanes) is 33. The molecule has 78 heavy (non-hydrogen) atoms. The molecule has 0 spiro atoms. The smallest absolute Gasteiger partial charge is 0.306 e. The minimum Gasteiger partial charge on any atom is -0.756 e. The minimum absolute atomic E-state index is 0.0257. The number of phosphoric acid groups is 1. The maximum absolute atomic E-state index is 13.6. The number of esters is 1. The maximum Gasteiger partial charge on any atom is 0.306 e. The van der Waals surface area contributed by atoms with Crippen LogP contribution in [0.25, 0.3) is 0 Å². The van der Waals surface area contributed by atoms with Gasteiger partial charge in [-0.05, 0) is 76.7 Å². The van der Waals surface area contributed by atoms with Gasteiger partial charge in [-0.1, -0.05) is 280 Å². The van der Waals surface area contributed by atoms with Crippen LogP contribution in [0.2, 0.25) is 0 Å². The van der Waals surface area contributed by atoms with Crippen LogP contribution in [0.5, 0.6) is 0 Å². The summed E-state index contributed by atoms with van der Waals surface area (Å²) in [6, 6.07) is -0.895. The topological polar surface area (TPSA) is 114 Å². The largest absolute Gasteiger partial charge is 0.756 e. The molecule has 0 bridgehead atoms. The van der Waals surface area contributed by atoms with Crippen LogP contribution in [0, 0.1) is 0 Å². The molecule has 3 unspecified atom stereocenters. The Morgan fingerprint density at radius 3 is 1.23 bits per heavy atom. The highest BCUT2D eigenvalue weighted by atomic mass is 31.2. The summed E-state index contributed by atoms with van der Waals surface area (Å²) < 4.78 is 30.4. The standard InChI is InChI=1S/C68H125N2O7P/c1-7-10-13-16-19-22-25-28-30-32-33-34-35-36-37-39-40-42-45-48-51-54-57-60-67(71)69-65(64-76-78(73,74)75-63-62-70(4,5)6)66(59-56-53-50-47-44-27-24-21-18-15-12-9-3)77-68(72)61-58-55-52-49-46-43-41-38-31-29-26-23-20-17-14-11-8-2/h10,13,19,22,28,30,33-34,36-37,56,59,65-66H,7-9,11-12,14-18,20-21,23-27,29,31-32,35,38-55,57-58,60-64H2,1-6H3,(H-,69,71,73,74)/b13-10-,22-19-,30-28-,34-33-,37-36-,59-56-. The molecule has 0 saturated heterocycles. The molecule has 0 rings (SSSR count). The Balaban J connectivity index is 5.19. The van der Waals surface area contributed by atoms with Crippen LogP contribution >= 0.6 is 7.82 Å². The number of nitrogens with zero attached hydrogens (tertiary/aromatic N) is 1. The van der Waals surface area contributed by atoms with Gasteiger partial charge in [0.1, 0.15) is 19.3 Å². The molecule has 0 saturated carbocycles. The van der Waals surface area contributed by atoms with Gasteiger partial charge in [-0.2, -0.15) is 0 Å². The maximum atomic E-state index is 13.6. The van der Waals surface area contributed by atoms with Crippen LogP contribution in [0.4, 0.5) is 0 Å². The molecule has 3 atom stereocenters. The Hall–Kier alpha value is -2.55. The average Bonchev–Trinajstić information content (AvgIpc) is 3.40. The van der Waals surface area contributed by atoms with E-state index in [0.717, 1.165) is 103 Å². The lowest BCUT2D eigenvalue weighted by molar-refractivity contribution is -0.870. The molecule has 0 aliphatic rings. The molecule has 0 aromatic heterocycles. The van der Waals surface area contributed by atoms with Crippen molar-refractivity contribution in [2.45, 2.75) is 309 Å². The van der Waals surface area contributed by atoms with Gasteiger partial charge in [0.05, 0.1) is 33.8 Å². The van der Waals surface area contributed by atoms with Crippen molar-refractivity contribution in [1.29, 1.82) is 0 Å². The fourth-order valence-corrected chi connectivity index (χ4v) is 10.1. The van der Waals surface area contributed by atoms with Gasteiger partial charge in [-0.3, -0.25) is 14.2 Å². The van der Waals surface area contributed by atoms with Crippen molar-refractivity contribution >= 4 is 19.7 Å². The van der Waals surface area contributed by atoms with Gasteiger partial charge in [0, 0.05) is 12.8 Å². The normalized spacial score (nSPS) is 14.1. The van der Waals surface area contributed by atoms with Crippen molar-refractivity contribution in [2.24, 2.45) is 0 Å². The van der Waals surface area contributed by atoms with Gasteiger partial charge < -0.3 is 28.5 Å². The van der Waals surface area contributed by atoms with Crippen molar-refractivity contribution in [3.8, 4) is 0 Å².